The van der Waals surface area contributed by atoms with Crippen molar-refractivity contribution in [3.8, 4) is 0 Å². The summed E-state index contributed by atoms with van der Waals surface area (Å²) in [6.07, 6.45) is 5.23. The Balaban J connectivity index is 1.71. The van der Waals surface area contributed by atoms with E-state index >= 15 is 0 Å². The molecule has 0 radical (unpaired) electrons. The van der Waals surface area contributed by atoms with Crippen molar-refractivity contribution in [2.45, 2.75) is 31.3 Å². The third-order valence-corrected chi connectivity index (χ3v) is 3.96. The summed E-state index contributed by atoms with van der Waals surface area (Å²) >= 11 is 0. The van der Waals surface area contributed by atoms with Crippen molar-refractivity contribution in [3.63, 3.8) is 0 Å². The number of fused-ring (bicyclic) bond motifs is 1. The zero-order valence-corrected chi connectivity index (χ0v) is 11.0. The molecule has 6 heteroatoms. The van der Waals surface area contributed by atoms with Crippen LogP contribution in [0.4, 0.5) is 5.82 Å². The first-order valence-corrected chi connectivity index (χ1v) is 6.70. The normalized spacial score (nSPS) is 26.2. The monoisotopic (exact) mass is 262 g/mol. The lowest BCUT2D eigenvalue weighted by atomic mass is 10.1. The minimum atomic E-state index is -0.502. The van der Waals surface area contributed by atoms with Gasteiger partial charge in [-0.25, -0.2) is 14.8 Å². The maximum absolute atomic E-state index is 11.4. The number of methoxy groups -OCH3 is 1. The molecule has 1 aromatic rings. The van der Waals surface area contributed by atoms with Gasteiger partial charge in [0.1, 0.15) is 5.82 Å². The second kappa shape index (κ2) is 5.13. The molecule has 2 fully saturated rings. The minimum absolute atomic E-state index is 0.105. The number of hydrogen-bond donors (Lipinski definition) is 1. The summed E-state index contributed by atoms with van der Waals surface area (Å²) < 4.78 is 4.63. The van der Waals surface area contributed by atoms with Crippen LogP contribution in [0.1, 0.15) is 29.9 Å². The molecule has 102 valence electrons. The van der Waals surface area contributed by atoms with Gasteiger partial charge in [0.2, 0.25) is 5.82 Å². The second-order valence-corrected chi connectivity index (χ2v) is 5.04. The van der Waals surface area contributed by atoms with Gasteiger partial charge in [0.25, 0.3) is 0 Å². The van der Waals surface area contributed by atoms with Crippen molar-refractivity contribution in [1.82, 2.24) is 14.9 Å². The van der Waals surface area contributed by atoms with Crippen LogP contribution in [-0.4, -0.2) is 53.1 Å². The van der Waals surface area contributed by atoms with Gasteiger partial charge in [-0.2, -0.15) is 0 Å². The van der Waals surface area contributed by atoms with Crippen LogP contribution in [0.25, 0.3) is 0 Å². The zero-order chi connectivity index (χ0) is 13.2. The zero-order valence-electron chi connectivity index (χ0n) is 11.0. The maximum atomic E-state index is 11.4. The van der Waals surface area contributed by atoms with Crippen LogP contribution in [0.15, 0.2) is 12.3 Å². The Kier molecular flexibility index (Phi) is 3.33. The third-order valence-electron chi connectivity index (χ3n) is 3.96. The van der Waals surface area contributed by atoms with E-state index in [1.54, 1.807) is 12.3 Å². The SMILES string of the molecule is COC(=O)c1nccc(NC2CCN3CCCC23)n1. The minimum Gasteiger partial charge on any atom is -0.463 e. The molecule has 6 nitrogen and oxygen atoms in total. The van der Waals surface area contributed by atoms with Crippen LogP contribution in [0.5, 0.6) is 0 Å². The Labute approximate surface area is 112 Å². The van der Waals surface area contributed by atoms with E-state index in [1.165, 1.54) is 26.5 Å². The average molecular weight is 262 g/mol. The molecule has 0 aliphatic carbocycles. The van der Waals surface area contributed by atoms with Crippen LogP contribution in [0.2, 0.25) is 0 Å². The van der Waals surface area contributed by atoms with Gasteiger partial charge in [0.15, 0.2) is 0 Å². The molecule has 2 aliphatic rings. The Morgan fingerprint density at radius 1 is 1.47 bits per heavy atom. The highest BCUT2D eigenvalue weighted by Crippen LogP contribution is 2.29. The van der Waals surface area contributed by atoms with Gasteiger partial charge in [0.05, 0.1) is 7.11 Å². The van der Waals surface area contributed by atoms with Gasteiger partial charge in [-0.05, 0) is 31.9 Å². The van der Waals surface area contributed by atoms with Crippen LogP contribution < -0.4 is 5.32 Å². The van der Waals surface area contributed by atoms with Gasteiger partial charge < -0.3 is 10.1 Å². The Bertz CT molecular complexity index is 479. The lowest BCUT2D eigenvalue weighted by Crippen LogP contribution is -2.34. The highest BCUT2D eigenvalue weighted by Gasteiger charge is 2.37. The van der Waals surface area contributed by atoms with Gasteiger partial charge in [-0.15, -0.1) is 0 Å². The maximum Gasteiger partial charge on any atom is 0.376 e. The van der Waals surface area contributed by atoms with Crippen LogP contribution >= 0.6 is 0 Å². The molecule has 0 amide bonds. The molecule has 19 heavy (non-hydrogen) atoms. The van der Waals surface area contributed by atoms with E-state index in [-0.39, 0.29) is 5.82 Å². The number of nitrogens with zero attached hydrogens (tertiary/aromatic N) is 3. The lowest BCUT2D eigenvalue weighted by Gasteiger charge is -2.21. The average Bonchev–Trinajstić information content (AvgIpc) is 3.03. The fourth-order valence-electron chi connectivity index (χ4n) is 3.07. The summed E-state index contributed by atoms with van der Waals surface area (Å²) in [6, 6.07) is 2.82. The van der Waals surface area contributed by atoms with E-state index in [4.69, 9.17) is 0 Å². The van der Waals surface area contributed by atoms with Crippen molar-refractivity contribution < 1.29 is 9.53 Å². The van der Waals surface area contributed by atoms with Crippen LogP contribution in [0, 0.1) is 0 Å². The molecular weight excluding hydrogens is 244 g/mol. The topological polar surface area (TPSA) is 67.3 Å². The van der Waals surface area contributed by atoms with Crippen molar-refractivity contribution in [2.75, 3.05) is 25.5 Å². The van der Waals surface area contributed by atoms with Crippen LogP contribution in [-0.2, 0) is 4.74 Å². The van der Waals surface area contributed by atoms with Gasteiger partial charge in [-0.3, -0.25) is 4.90 Å². The lowest BCUT2D eigenvalue weighted by molar-refractivity contribution is 0.0587. The quantitative estimate of drug-likeness (QED) is 0.817. The van der Waals surface area contributed by atoms with E-state index < -0.39 is 5.97 Å². The molecule has 0 bridgehead atoms. The van der Waals surface area contributed by atoms with E-state index in [9.17, 15) is 4.79 Å². The predicted octanol–water partition coefficient (Wildman–Crippen LogP) is 0.912. The number of ether oxygens (including phenoxy) is 1. The molecule has 3 heterocycles. The van der Waals surface area contributed by atoms with Crippen molar-refractivity contribution in [2.24, 2.45) is 0 Å². The number of aromatic nitrogens is 2. The molecule has 2 aliphatic heterocycles. The molecule has 0 saturated carbocycles. The Morgan fingerprint density at radius 3 is 3.21 bits per heavy atom. The first-order valence-electron chi connectivity index (χ1n) is 6.70. The van der Waals surface area contributed by atoms with Crippen molar-refractivity contribution in [1.29, 1.82) is 0 Å². The fraction of sp³-hybridized carbons (Fsp3) is 0.615. The summed E-state index contributed by atoms with van der Waals surface area (Å²) in [4.78, 5) is 22.1. The molecule has 1 aromatic heterocycles. The molecule has 2 atom stereocenters. The Morgan fingerprint density at radius 2 is 2.37 bits per heavy atom. The summed E-state index contributed by atoms with van der Waals surface area (Å²) in [5.41, 5.74) is 0. The van der Waals surface area contributed by atoms with E-state index in [0.29, 0.717) is 17.9 Å². The standard InChI is InChI=1S/C13H18N4O2/c1-19-13(18)12-14-6-4-11(16-12)15-9-5-8-17-7-2-3-10(9)17/h4,6,9-10H,2-3,5,7-8H2,1H3,(H,14,15,16). The first kappa shape index (κ1) is 12.3. The number of carbonyl (C=O) groups is 1. The van der Waals surface area contributed by atoms with Gasteiger partial charge in [-0.1, -0.05) is 0 Å². The van der Waals surface area contributed by atoms with E-state index in [2.05, 4.69) is 24.9 Å². The molecule has 0 aromatic carbocycles. The highest BCUT2D eigenvalue weighted by atomic mass is 16.5. The number of esters is 1. The summed E-state index contributed by atoms with van der Waals surface area (Å²) in [7, 11) is 1.33. The number of carbonyl (C=O) groups excluding carboxylic acids is 1. The fourth-order valence-corrected chi connectivity index (χ4v) is 3.07. The summed E-state index contributed by atoms with van der Waals surface area (Å²) in [5.74, 6) is 0.306. The molecule has 1 N–H and O–H groups in total. The first-order chi connectivity index (χ1) is 9.28. The van der Waals surface area contributed by atoms with Gasteiger partial charge >= 0.3 is 5.97 Å². The van der Waals surface area contributed by atoms with Crippen molar-refractivity contribution in [3.05, 3.63) is 18.1 Å². The van der Waals surface area contributed by atoms with Crippen molar-refractivity contribution >= 4 is 11.8 Å². The molecule has 2 saturated heterocycles. The number of hydrogen-bond acceptors (Lipinski definition) is 6. The third kappa shape index (κ3) is 2.40. The number of nitrogens with one attached hydrogen (secondary N) is 1. The summed E-state index contributed by atoms with van der Waals surface area (Å²) in [6.45, 7) is 2.36. The Hall–Kier alpha value is -1.69. The number of anilines is 1. The van der Waals surface area contributed by atoms with E-state index in [0.717, 1.165) is 13.0 Å². The number of rotatable bonds is 3. The predicted molar refractivity (Wildman–Crippen MR) is 70.0 cm³/mol. The molecule has 0 spiro atoms. The second-order valence-electron chi connectivity index (χ2n) is 5.04. The molecule has 2 unspecified atom stereocenters. The molecular formula is C13H18N4O2. The molecule has 3 rings (SSSR count). The van der Waals surface area contributed by atoms with Crippen LogP contribution in [0.3, 0.4) is 0 Å². The van der Waals surface area contributed by atoms with Gasteiger partial charge in [0, 0.05) is 24.8 Å². The smallest absolute Gasteiger partial charge is 0.376 e. The highest BCUT2D eigenvalue weighted by molar-refractivity contribution is 5.85. The largest absolute Gasteiger partial charge is 0.463 e. The van der Waals surface area contributed by atoms with E-state index in [1.807, 2.05) is 0 Å². The summed E-state index contributed by atoms with van der Waals surface area (Å²) in [5, 5.41) is 3.43.